The van der Waals surface area contributed by atoms with Crippen molar-refractivity contribution in [3.63, 3.8) is 0 Å². The van der Waals surface area contributed by atoms with Crippen LogP contribution in [0, 0.1) is 0 Å². The van der Waals surface area contributed by atoms with Crippen molar-refractivity contribution in [2.45, 2.75) is 17.5 Å². The van der Waals surface area contributed by atoms with Crippen molar-refractivity contribution in [2.24, 2.45) is 0 Å². The Morgan fingerprint density at radius 1 is 0.967 bits per heavy atom. The second-order valence-corrected chi connectivity index (χ2v) is 7.36. The third kappa shape index (κ3) is 4.90. The van der Waals surface area contributed by atoms with Crippen molar-refractivity contribution in [2.75, 3.05) is 6.54 Å². The van der Waals surface area contributed by atoms with Crippen LogP contribution in [-0.4, -0.2) is 23.3 Å². The third-order valence-electron chi connectivity index (χ3n) is 4.34. The molecule has 0 atom stereocenters. The summed E-state index contributed by atoms with van der Waals surface area (Å²) in [5.74, 6) is 0.562. The van der Waals surface area contributed by atoms with E-state index in [1.54, 1.807) is 30.5 Å². The monoisotopic (exact) mass is 421 g/mol. The van der Waals surface area contributed by atoms with Gasteiger partial charge in [-0.05, 0) is 35.9 Å². The molecule has 0 aliphatic carbocycles. The van der Waals surface area contributed by atoms with Gasteiger partial charge in [0, 0.05) is 11.3 Å². The molecule has 152 valence electrons. The highest BCUT2D eigenvalue weighted by atomic mass is 32.2. The van der Waals surface area contributed by atoms with Crippen molar-refractivity contribution in [1.82, 2.24) is 15.6 Å². The van der Waals surface area contributed by atoms with Crippen LogP contribution in [0.25, 0.3) is 11.1 Å². The molecular weight excluding hydrogens is 402 g/mol. The second-order valence-electron chi connectivity index (χ2n) is 6.43. The van der Waals surface area contributed by atoms with Crippen molar-refractivity contribution >= 4 is 34.7 Å². The summed E-state index contributed by atoms with van der Waals surface area (Å²) in [4.78, 5) is 29.0. The van der Waals surface area contributed by atoms with Gasteiger partial charge in [0.05, 0.1) is 19.4 Å². The number of rotatable bonds is 8. The van der Waals surface area contributed by atoms with E-state index < -0.39 is 0 Å². The number of carbonyl (C=O) groups is 2. The highest BCUT2D eigenvalue weighted by Crippen LogP contribution is 2.27. The first-order chi connectivity index (χ1) is 14.7. The standard InChI is InChI=1S/C22H19N3O4S/c26-20(23-12-16-7-5-11-28-16)13-24-21(27)17-8-2-1-6-15(17)14-30-22-25-18-9-3-4-10-19(18)29-22/h1-11H,12-14H2,(H,23,26)(H,24,27). The largest absolute Gasteiger partial charge is 0.467 e. The van der Waals surface area contributed by atoms with Gasteiger partial charge in [-0.1, -0.05) is 42.1 Å². The topological polar surface area (TPSA) is 97.4 Å². The Bertz CT molecular complexity index is 1120. The number of carbonyl (C=O) groups excluding carboxylic acids is 2. The van der Waals surface area contributed by atoms with Gasteiger partial charge in [0.15, 0.2) is 5.58 Å². The summed E-state index contributed by atoms with van der Waals surface area (Å²) in [6.07, 6.45) is 1.54. The SMILES string of the molecule is O=C(CNC(=O)c1ccccc1CSc1nc2ccccc2o1)NCc1ccco1. The number of hydrogen-bond donors (Lipinski definition) is 2. The third-order valence-corrected chi connectivity index (χ3v) is 5.21. The number of nitrogens with zero attached hydrogens (tertiary/aromatic N) is 1. The van der Waals surface area contributed by atoms with Gasteiger partial charge < -0.3 is 19.5 Å². The molecule has 2 aromatic carbocycles. The summed E-state index contributed by atoms with van der Waals surface area (Å²) in [7, 11) is 0. The molecule has 0 aliphatic heterocycles. The van der Waals surface area contributed by atoms with Gasteiger partial charge in [-0.3, -0.25) is 9.59 Å². The number of aromatic nitrogens is 1. The minimum atomic E-state index is -0.308. The van der Waals surface area contributed by atoms with Gasteiger partial charge in [0.1, 0.15) is 11.3 Å². The molecule has 4 aromatic rings. The van der Waals surface area contributed by atoms with E-state index in [2.05, 4.69) is 15.6 Å². The molecule has 2 aromatic heterocycles. The number of benzene rings is 2. The minimum Gasteiger partial charge on any atom is -0.467 e. The van der Waals surface area contributed by atoms with E-state index in [1.807, 2.05) is 36.4 Å². The van der Waals surface area contributed by atoms with Crippen molar-refractivity contribution < 1.29 is 18.4 Å². The molecule has 2 amide bonds. The average molecular weight is 421 g/mol. The Morgan fingerprint density at radius 3 is 2.63 bits per heavy atom. The van der Waals surface area contributed by atoms with Gasteiger partial charge in [0.25, 0.3) is 11.1 Å². The van der Waals surface area contributed by atoms with Crippen LogP contribution in [-0.2, 0) is 17.1 Å². The molecule has 0 spiro atoms. The number of hydrogen-bond acceptors (Lipinski definition) is 6. The van der Waals surface area contributed by atoms with Crippen LogP contribution in [0.2, 0.25) is 0 Å². The number of nitrogens with one attached hydrogen (secondary N) is 2. The van der Waals surface area contributed by atoms with Gasteiger partial charge in [-0.2, -0.15) is 0 Å². The number of para-hydroxylation sites is 2. The number of fused-ring (bicyclic) bond motifs is 1. The highest BCUT2D eigenvalue weighted by molar-refractivity contribution is 7.98. The van der Waals surface area contributed by atoms with Gasteiger partial charge in [0.2, 0.25) is 5.91 Å². The molecule has 0 aliphatic rings. The smallest absolute Gasteiger partial charge is 0.257 e. The van der Waals surface area contributed by atoms with E-state index in [-0.39, 0.29) is 24.9 Å². The van der Waals surface area contributed by atoms with Crippen molar-refractivity contribution in [3.05, 3.63) is 83.8 Å². The van der Waals surface area contributed by atoms with E-state index in [1.165, 1.54) is 11.8 Å². The lowest BCUT2D eigenvalue weighted by Crippen LogP contribution is -2.36. The molecule has 4 rings (SSSR count). The van der Waals surface area contributed by atoms with Crippen LogP contribution < -0.4 is 10.6 Å². The lowest BCUT2D eigenvalue weighted by atomic mass is 10.1. The normalized spacial score (nSPS) is 10.8. The molecule has 7 nitrogen and oxygen atoms in total. The first-order valence-corrected chi connectivity index (χ1v) is 10.3. The molecule has 0 bridgehead atoms. The molecule has 2 heterocycles. The minimum absolute atomic E-state index is 0.119. The molecule has 0 saturated heterocycles. The maximum absolute atomic E-state index is 12.6. The van der Waals surface area contributed by atoms with E-state index in [0.29, 0.717) is 22.3 Å². The van der Waals surface area contributed by atoms with Gasteiger partial charge >= 0.3 is 0 Å². The number of thioether (sulfide) groups is 1. The lowest BCUT2D eigenvalue weighted by molar-refractivity contribution is -0.120. The Labute approximate surface area is 176 Å². The van der Waals surface area contributed by atoms with Crippen molar-refractivity contribution in [1.29, 1.82) is 0 Å². The zero-order chi connectivity index (χ0) is 20.8. The van der Waals surface area contributed by atoms with Crippen LogP contribution in [0.3, 0.4) is 0 Å². The Kier molecular flexibility index (Phi) is 6.14. The summed E-state index contributed by atoms with van der Waals surface area (Å²) < 4.78 is 10.9. The average Bonchev–Trinajstić information content (AvgIpc) is 3.44. The zero-order valence-corrected chi connectivity index (χ0v) is 16.8. The number of oxazole rings is 1. The van der Waals surface area contributed by atoms with Crippen LogP contribution in [0.1, 0.15) is 21.7 Å². The molecule has 0 saturated carbocycles. The van der Waals surface area contributed by atoms with E-state index in [4.69, 9.17) is 8.83 Å². The predicted molar refractivity (Wildman–Crippen MR) is 113 cm³/mol. The maximum Gasteiger partial charge on any atom is 0.257 e. The number of furan rings is 1. The quantitative estimate of drug-likeness (QED) is 0.421. The summed E-state index contributed by atoms with van der Waals surface area (Å²) in [6.45, 7) is 0.158. The molecule has 8 heteroatoms. The summed E-state index contributed by atoms with van der Waals surface area (Å²) in [6, 6.07) is 18.3. The van der Waals surface area contributed by atoms with E-state index >= 15 is 0 Å². The Morgan fingerprint density at radius 2 is 1.80 bits per heavy atom. The first kappa shape index (κ1) is 19.8. The van der Waals surface area contributed by atoms with Crippen LogP contribution in [0.4, 0.5) is 0 Å². The van der Waals surface area contributed by atoms with E-state index in [0.717, 1.165) is 16.7 Å². The lowest BCUT2D eigenvalue weighted by Gasteiger charge is -2.09. The van der Waals surface area contributed by atoms with Crippen LogP contribution >= 0.6 is 11.8 Å². The predicted octanol–water partition coefficient (Wildman–Crippen LogP) is 3.76. The molecule has 0 fully saturated rings. The van der Waals surface area contributed by atoms with Crippen LogP contribution in [0.15, 0.2) is 81.0 Å². The fraction of sp³-hybridized carbons (Fsp3) is 0.136. The Balaban J connectivity index is 1.33. The molecular formula is C22H19N3O4S. The molecule has 0 radical (unpaired) electrons. The Hall–Kier alpha value is -3.52. The van der Waals surface area contributed by atoms with Crippen molar-refractivity contribution in [3.8, 4) is 0 Å². The zero-order valence-electron chi connectivity index (χ0n) is 16.0. The fourth-order valence-corrected chi connectivity index (χ4v) is 3.68. The molecule has 2 N–H and O–H groups in total. The summed E-state index contributed by atoms with van der Waals surface area (Å²) in [5.41, 5.74) is 2.87. The highest BCUT2D eigenvalue weighted by Gasteiger charge is 2.14. The summed E-state index contributed by atoms with van der Waals surface area (Å²) in [5, 5.41) is 5.90. The molecule has 30 heavy (non-hydrogen) atoms. The first-order valence-electron chi connectivity index (χ1n) is 9.32. The number of amides is 2. The van der Waals surface area contributed by atoms with Gasteiger partial charge in [-0.15, -0.1) is 0 Å². The molecule has 0 unspecified atom stereocenters. The summed E-state index contributed by atoms with van der Waals surface area (Å²) >= 11 is 1.41. The maximum atomic E-state index is 12.6. The van der Waals surface area contributed by atoms with Gasteiger partial charge in [-0.25, -0.2) is 4.98 Å². The fourth-order valence-electron chi connectivity index (χ4n) is 2.84. The second kappa shape index (κ2) is 9.32. The van der Waals surface area contributed by atoms with Crippen LogP contribution in [0.5, 0.6) is 0 Å². The van der Waals surface area contributed by atoms with E-state index in [9.17, 15) is 9.59 Å².